The fourth-order valence-electron chi connectivity index (χ4n) is 4.96. The van der Waals surface area contributed by atoms with Crippen molar-refractivity contribution >= 4 is 5.78 Å². The van der Waals surface area contributed by atoms with Gasteiger partial charge in [-0.05, 0) is 12.0 Å². The van der Waals surface area contributed by atoms with Crippen LogP contribution < -0.4 is 15.4 Å². The molecule has 2 N–H and O–H groups in total. The van der Waals surface area contributed by atoms with E-state index in [1.54, 1.807) is 0 Å². The van der Waals surface area contributed by atoms with Crippen LogP contribution >= 0.6 is 0 Å². The van der Waals surface area contributed by atoms with E-state index in [0.29, 0.717) is 18.7 Å². The van der Waals surface area contributed by atoms with Gasteiger partial charge in [0.05, 0.1) is 6.61 Å². The second-order valence-electron chi connectivity index (χ2n) is 8.85. The van der Waals surface area contributed by atoms with Gasteiger partial charge in [0.1, 0.15) is 18.0 Å². The molecule has 3 aliphatic heterocycles. The first kappa shape index (κ1) is 20.7. The number of rotatable bonds is 7. The summed E-state index contributed by atoms with van der Waals surface area (Å²) in [6.07, 6.45) is 3.70. The molecule has 7 nitrogen and oxygen atoms in total. The van der Waals surface area contributed by atoms with Crippen molar-refractivity contribution in [1.82, 2.24) is 25.0 Å². The molecule has 5 rings (SSSR count). The zero-order valence-corrected chi connectivity index (χ0v) is 18.1. The van der Waals surface area contributed by atoms with Crippen molar-refractivity contribution in [2.75, 3.05) is 45.9 Å². The molecule has 0 bridgehead atoms. The lowest BCUT2D eigenvalue weighted by Gasteiger charge is -2.37. The summed E-state index contributed by atoms with van der Waals surface area (Å²) in [4.78, 5) is 17.2. The number of carbonyl (C=O) groups is 1. The van der Waals surface area contributed by atoms with Gasteiger partial charge in [-0.1, -0.05) is 30.3 Å². The molecule has 1 aromatic heterocycles. The van der Waals surface area contributed by atoms with E-state index in [0.717, 1.165) is 64.6 Å². The Morgan fingerprint density at radius 2 is 1.84 bits per heavy atom. The summed E-state index contributed by atoms with van der Waals surface area (Å²) in [6, 6.07) is 12.7. The first-order valence-electron chi connectivity index (χ1n) is 11.6. The van der Waals surface area contributed by atoms with E-state index in [2.05, 4.69) is 67.6 Å². The third-order valence-corrected chi connectivity index (χ3v) is 6.70. The van der Waals surface area contributed by atoms with Crippen LogP contribution in [-0.4, -0.2) is 72.1 Å². The first-order chi connectivity index (χ1) is 15.3. The van der Waals surface area contributed by atoms with Crippen LogP contribution in [0.4, 0.5) is 0 Å². The van der Waals surface area contributed by atoms with Gasteiger partial charge >= 0.3 is 0 Å². The van der Waals surface area contributed by atoms with Crippen molar-refractivity contribution in [2.24, 2.45) is 0 Å². The lowest BCUT2D eigenvalue weighted by Crippen LogP contribution is -2.56. The van der Waals surface area contributed by atoms with E-state index in [1.165, 1.54) is 11.3 Å². The van der Waals surface area contributed by atoms with Gasteiger partial charge in [0, 0.05) is 76.7 Å². The summed E-state index contributed by atoms with van der Waals surface area (Å²) in [5, 5.41) is 6.83. The molecule has 2 fully saturated rings. The molecule has 4 heterocycles. The number of Topliss-reactive ketones (excluding diaryl/α,β-unsaturated/α-hetero) is 1. The topological polar surface area (TPSA) is 61.8 Å². The van der Waals surface area contributed by atoms with Gasteiger partial charge in [-0.15, -0.1) is 0 Å². The predicted molar refractivity (Wildman–Crippen MR) is 120 cm³/mol. The molecule has 1 aromatic carbocycles. The Kier molecular flexibility index (Phi) is 6.36. The third-order valence-electron chi connectivity index (χ3n) is 6.70. The van der Waals surface area contributed by atoms with E-state index in [9.17, 15) is 4.79 Å². The van der Waals surface area contributed by atoms with Gasteiger partial charge in [0.2, 0.25) is 0 Å². The third kappa shape index (κ3) is 4.85. The fraction of sp³-hybridized carbons (Fsp3) is 0.542. The van der Waals surface area contributed by atoms with Gasteiger partial charge in [0.15, 0.2) is 5.78 Å². The van der Waals surface area contributed by atoms with Crippen LogP contribution in [0.1, 0.15) is 30.3 Å². The minimum Gasteiger partial charge on any atom is -0.492 e. The van der Waals surface area contributed by atoms with Crippen molar-refractivity contribution in [3.05, 3.63) is 53.9 Å². The van der Waals surface area contributed by atoms with E-state index in [1.807, 2.05) is 0 Å². The minimum atomic E-state index is -0.123. The molecule has 2 aromatic rings. The van der Waals surface area contributed by atoms with Crippen LogP contribution in [0.5, 0.6) is 5.75 Å². The number of aromatic nitrogens is 1. The van der Waals surface area contributed by atoms with Crippen molar-refractivity contribution in [3.8, 4) is 5.75 Å². The van der Waals surface area contributed by atoms with E-state index >= 15 is 0 Å². The Morgan fingerprint density at radius 3 is 2.68 bits per heavy atom. The maximum atomic E-state index is 12.2. The maximum Gasteiger partial charge on any atom is 0.154 e. The zero-order chi connectivity index (χ0) is 21.0. The van der Waals surface area contributed by atoms with Crippen LogP contribution in [0.3, 0.4) is 0 Å². The van der Waals surface area contributed by atoms with Crippen molar-refractivity contribution < 1.29 is 9.53 Å². The summed E-state index contributed by atoms with van der Waals surface area (Å²) in [6.45, 7) is 8.82. The minimum absolute atomic E-state index is 0.00883. The molecule has 0 amide bonds. The molecule has 0 radical (unpaired) electrons. The second-order valence-corrected chi connectivity index (χ2v) is 8.85. The summed E-state index contributed by atoms with van der Waals surface area (Å²) < 4.78 is 8.24. The Balaban J connectivity index is 1.04. The number of ether oxygens (including phenoxy) is 1. The molecule has 0 saturated carbocycles. The molecule has 3 aliphatic rings. The molecule has 0 aliphatic carbocycles. The average Bonchev–Trinajstić information content (AvgIpc) is 3.22. The van der Waals surface area contributed by atoms with Crippen molar-refractivity contribution in [1.29, 1.82) is 0 Å². The molecule has 2 saturated heterocycles. The highest BCUT2D eigenvalue weighted by Crippen LogP contribution is 2.27. The number of nitrogens with one attached hydrogen (secondary N) is 2. The van der Waals surface area contributed by atoms with Gasteiger partial charge in [-0.3, -0.25) is 20.3 Å². The zero-order valence-electron chi connectivity index (χ0n) is 18.1. The van der Waals surface area contributed by atoms with E-state index in [4.69, 9.17) is 4.74 Å². The predicted octanol–water partition coefficient (Wildman–Crippen LogP) is 1.61. The molecule has 2 atom stereocenters. The van der Waals surface area contributed by atoms with Crippen LogP contribution in [0.2, 0.25) is 0 Å². The van der Waals surface area contributed by atoms with Gasteiger partial charge in [0.25, 0.3) is 0 Å². The first-order valence-corrected chi connectivity index (χ1v) is 11.6. The number of hydrogen-bond donors (Lipinski definition) is 2. The summed E-state index contributed by atoms with van der Waals surface area (Å²) >= 11 is 0. The molecule has 31 heavy (non-hydrogen) atoms. The van der Waals surface area contributed by atoms with Crippen molar-refractivity contribution in [2.45, 2.75) is 38.1 Å². The number of nitrogens with zero attached hydrogens (tertiary/aromatic N) is 3. The fourth-order valence-corrected chi connectivity index (χ4v) is 4.96. The van der Waals surface area contributed by atoms with Gasteiger partial charge < -0.3 is 14.2 Å². The summed E-state index contributed by atoms with van der Waals surface area (Å²) in [5.74, 6) is 1.21. The number of benzene rings is 1. The molecule has 2 unspecified atom stereocenters. The second kappa shape index (κ2) is 9.53. The molecular formula is C24H33N5O2. The molecule has 7 heteroatoms. The number of piperidine rings is 1. The van der Waals surface area contributed by atoms with Crippen LogP contribution in [0.25, 0.3) is 0 Å². The Bertz CT molecular complexity index is 875. The quantitative estimate of drug-likeness (QED) is 0.660. The molecule has 166 valence electrons. The lowest BCUT2D eigenvalue weighted by molar-refractivity contribution is -0.124. The number of ketones is 1. The van der Waals surface area contributed by atoms with E-state index < -0.39 is 0 Å². The van der Waals surface area contributed by atoms with Crippen LogP contribution in [-0.2, 0) is 17.9 Å². The largest absolute Gasteiger partial charge is 0.492 e. The maximum absolute atomic E-state index is 12.2. The Morgan fingerprint density at radius 1 is 1.03 bits per heavy atom. The van der Waals surface area contributed by atoms with Crippen LogP contribution in [0.15, 0.2) is 42.6 Å². The number of fused-ring (bicyclic) bond motifs is 3. The Labute approximate surface area is 184 Å². The highest BCUT2D eigenvalue weighted by Gasteiger charge is 2.36. The van der Waals surface area contributed by atoms with Gasteiger partial charge in [-0.2, -0.15) is 0 Å². The standard InChI is InChI=1S/C24H33N5O2/c30-22-7-8-25-24-23(22)26-16-20-15-21(18-29(20)24)31-14-4-9-27-10-12-28(13-11-27)17-19-5-2-1-3-6-19/h1-3,5-6,15,18,23-26H,4,7-14,16-17H2. The smallest absolute Gasteiger partial charge is 0.154 e. The van der Waals surface area contributed by atoms with Crippen LogP contribution in [0, 0.1) is 0 Å². The normalized spacial score (nSPS) is 24.6. The highest BCUT2D eigenvalue weighted by atomic mass is 16.5. The number of piperazine rings is 1. The van der Waals surface area contributed by atoms with Gasteiger partial charge in [-0.25, -0.2) is 0 Å². The summed E-state index contributed by atoms with van der Waals surface area (Å²) in [7, 11) is 0. The van der Waals surface area contributed by atoms with Crippen molar-refractivity contribution in [3.63, 3.8) is 0 Å². The monoisotopic (exact) mass is 423 g/mol. The molecule has 0 spiro atoms. The van der Waals surface area contributed by atoms with E-state index in [-0.39, 0.29) is 12.2 Å². The number of carbonyl (C=O) groups excluding carboxylic acids is 1. The lowest BCUT2D eigenvalue weighted by atomic mass is 10.0. The molecular weight excluding hydrogens is 390 g/mol. The Hall–Kier alpha value is -2.19. The SMILES string of the molecule is O=C1CCNC2C1NCc1cc(OCCCN3CCN(Cc4ccccc4)CC3)cn12. The highest BCUT2D eigenvalue weighted by molar-refractivity contribution is 5.85. The summed E-state index contributed by atoms with van der Waals surface area (Å²) in [5.41, 5.74) is 2.57. The number of hydrogen-bond acceptors (Lipinski definition) is 6. The average molecular weight is 424 g/mol.